The number of anilines is 2. The van der Waals surface area contributed by atoms with Gasteiger partial charge >= 0.3 is 0 Å². The Hall–Kier alpha value is -1.49. The molecule has 0 bridgehead atoms. The number of sulfonamides is 1. The SMILES string of the molecule is C=C(C)S(=O)(=O)Nc1ccccc1N. The van der Waals surface area contributed by atoms with Crippen molar-refractivity contribution >= 4 is 21.4 Å². The highest BCUT2D eigenvalue weighted by Gasteiger charge is 2.11. The van der Waals surface area contributed by atoms with Crippen molar-refractivity contribution in [3.63, 3.8) is 0 Å². The van der Waals surface area contributed by atoms with Gasteiger partial charge in [-0.1, -0.05) is 18.7 Å². The molecule has 0 saturated heterocycles. The summed E-state index contributed by atoms with van der Waals surface area (Å²) in [5, 5.41) is 0. The molecule has 1 aromatic rings. The van der Waals surface area contributed by atoms with Crippen LogP contribution >= 0.6 is 0 Å². The van der Waals surface area contributed by atoms with Crippen molar-refractivity contribution in [2.45, 2.75) is 6.92 Å². The van der Waals surface area contributed by atoms with Crippen LogP contribution in [0.1, 0.15) is 6.92 Å². The third-order valence-electron chi connectivity index (χ3n) is 1.66. The second-order valence-corrected chi connectivity index (χ2v) is 4.80. The van der Waals surface area contributed by atoms with Gasteiger partial charge in [-0.3, -0.25) is 4.72 Å². The van der Waals surface area contributed by atoms with Gasteiger partial charge in [0, 0.05) is 0 Å². The number of para-hydroxylation sites is 2. The molecule has 1 aromatic carbocycles. The van der Waals surface area contributed by atoms with Crippen molar-refractivity contribution in [1.82, 2.24) is 0 Å². The van der Waals surface area contributed by atoms with E-state index in [0.29, 0.717) is 11.4 Å². The molecule has 0 saturated carbocycles. The van der Waals surface area contributed by atoms with Gasteiger partial charge in [-0.2, -0.15) is 0 Å². The monoisotopic (exact) mass is 212 g/mol. The summed E-state index contributed by atoms with van der Waals surface area (Å²) in [4.78, 5) is 0.0563. The molecule has 0 amide bonds. The first-order chi connectivity index (χ1) is 6.43. The molecule has 0 radical (unpaired) electrons. The average Bonchev–Trinajstić information content (AvgIpc) is 2.08. The van der Waals surface area contributed by atoms with Crippen molar-refractivity contribution in [2.75, 3.05) is 10.5 Å². The lowest BCUT2D eigenvalue weighted by molar-refractivity contribution is 0.607. The summed E-state index contributed by atoms with van der Waals surface area (Å²) in [6.45, 7) is 4.78. The summed E-state index contributed by atoms with van der Waals surface area (Å²) in [5.41, 5.74) is 6.33. The summed E-state index contributed by atoms with van der Waals surface area (Å²) >= 11 is 0. The Morgan fingerprint density at radius 3 is 2.50 bits per heavy atom. The molecular formula is C9H12N2O2S. The van der Waals surface area contributed by atoms with E-state index in [1.807, 2.05) is 0 Å². The minimum Gasteiger partial charge on any atom is -0.397 e. The minimum atomic E-state index is -3.50. The van der Waals surface area contributed by atoms with E-state index in [2.05, 4.69) is 11.3 Å². The molecule has 3 N–H and O–H groups in total. The molecule has 0 atom stereocenters. The number of hydrogen-bond donors (Lipinski definition) is 2. The van der Waals surface area contributed by atoms with Crippen LogP contribution in [0.25, 0.3) is 0 Å². The van der Waals surface area contributed by atoms with Crippen molar-refractivity contribution in [2.24, 2.45) is 0 Å². The summed E-state index contributed by atoms with van der Waals surface area (Å²) in [6.07, 6.45) is 0. The molecular weight excluding hydrogens is 200 g/mol. The zero-order chi connectivity index (χ0) is 10.8. The number of hydrogen-bond acceptors (Lipinski definition) is 3. The van der Waals surface area contributed by atoms with Gasteiger partial charge in [-0.15, -0.1) is 0 Å². The fourth-order valence-electron chi connectivity index (χ4n) is 0.822. The van der Waals surface area contributed by atoms with Gasteiger partial charge in [0.05, 0.1) is 16.3 Å². The number of benzene rings is 1. The Morgan fingerprint density at radius 2 is 2.00 bits per heavy atom. The van der Waals surface area contributed by atoms with Crippen LogP contribution in [0.4, 0.5) is 11.4 Å². The normalized spacial score (nSPS) is 10.9. The molecule has 1 rings (SSSR count). The molecule has 0 unspecified atom stereocenters. The van der Waals surface area contributed by atoms with E-state index in [4.69, 9.17) is 5.73 Å². The van der Waals surface area contributed by atoms with Crippen molar-refractivity contribution in [3.8, 4) is 0 Å². The van der Waals surface area contributed by atoms with Gasteiger partial charge in [-0.25, -0.2) is 8.42 Å². The predicted molar refractivity (Wildman–Crippen MR) is 58.2 cm³/mol. The Kier molecular flexibility index (Phi) is 2.81. The molecule has 4 nitrogen and oxygen atoms in total. The van der Waals surface area contributed by atoms with Gasteiger partial charge in [0.25, 0.3) is 10.0 Å². The van der Waals surface area contributed by atoms with E-state index >= 15 is 0 Å². The molecule has 5 heteroatoms. The number of allylic oxidation sites excluding steroid dienone is 1. The zero-order valence-corrected chi connectivity index (χ0v) is 8.64. The van der Waals surface area contributed by atoms with E-state index < -0.39 is 10.0 Å². The molecule has 0 aliphatic rings. The molecule has 76 valence electrons. The molecule has 0 aliphatic carbocycles. The smallest absolute Gasteiger partial charge is 0.257 e. The Labute approximate surface area is 83.5 Å². The molecule has 0 fully saturated rings. The summed E-state index contributed by atoms with van der Waals surface area (Å²) in [5.74, 6) is 0. The van der Waals surface area contributed by atoms with Gasteiger partial charge in [0.1, 0.15) is 0 Å². The number of nitrogen functional groups attached to an aromatic ring is 1. The Morgan fingerprint density at radius 1 is 1.43 bits per heavy atom. The van der Waals surface area contributed by atoms with Gasteiger partial charge in [-0.05, 0) is 19.1 Å². The largest absolute Gasteiger partial charge is 0.397 e. The van der Waals surface area contributed by atoms with E-state index in [1.54, 1.807) is 24.3 Å². The Balaban J connectivity index is 3.02. The highest BCUT2D eigenvalue weighted by Crippen LogP contribution is 2.19. The molecule has 0 aliphatic heterocycles. The maximum absolute atomic E-state index is 11.4. The first-order valence-corrected chi connectivity index (χ1v) is 5.44. The first kappa shape index (κ1) is 10.6. The maximum atomic E-state index is 11.4. The lowest BCUT2D eigenvalue weighted by atomic mass is 10.3. The second kappa shape index (κ2) is 3.71. The standard InChI is InChI=1S/C9H12N2O2S/c1-7(2)14(12,13)11-9-6-4-3-5-8(9)10/h3-6,11H,1,10H2,2H3. The van der Waals surface area contributed by atoms with Crippen LogP contribution in [-0.2, 0) is 10.0 Å². The van der Waals surface area contributed by atoms with Crippen LogP contribution in [-0.4, -0.2) is 8.42 Å². The highest BCUT2D eigenvalue weighted by molar-refractivity contribution is 7.96. The summed E-state index contributed by atoms with van der Waals surface area (Å²) in [6, 6.07) is 6.65. The quantitative estimate of drug-likeness (QED) is 0.746. The average molecular weight is 212 g/mol. The fourth-order valence-corrected chi connectivity index (χ4v) is 1.47. The zero-order valence-electron chi connectivity index (χ0n) is 7.82. The third kappa shape index (κ3) is 2.26. The van der Waals surface area contributed by atoms with E-state index in [-0.39, 0.29) is 4.91 Å². The summed E-state index contributed by atoms with van der Waals surface area (Å²) in [7, 11) is -3.50. The van der Waals surface area contributed by atoms with Crippen molar-refractivity contribution < 1.29 is 8.42 Å². The van der Waals surface area contributed by atoms with Gasteiger partial charge in [0.15, 0.2) is 0 Å². The van der Waals surface area contributed by atoms with Crippen LogP contribution in [0.15, 0.2) is 35.7 Å². The van der Waals surface area contributed by atoms with Crippen LogP contribution in [0, 0.1) is 0 Å². The molecule has 0 heterocycles. The lowest BCUT2D eigenvalue weighted by Crippen LogP contribution is -2.13. The molecule has 14 heavy (non-hydrogen) atoms. The van der Waals surface area contributed by atoms with Gasteiger partial charge in [0.2, 0.25) is 0 Å². The summed E-state index contributed by atoms with van der Waals surface area (Å²) < 4.78 is 25.1. The second-order valence-electron chi connectivity index (χ2n) is 2.89. The van der Waals surface area contributed by atoms with E-state index in [1.165, 1.54) is 6.92 Å². The Bertz CT molecular complexity index is 452. The third-order valence-corrected chi connectivity index (χ3v) is 3.07. The number of nitrogens with two attached hydrogens (primary N) is 1. The van der Waals surface area contributed by atoms with Crippen molar-refractivity contribution in [3.05, 3.63) is 35.7 Å². The highest BCUT2D eigenvalue weighted by atomic mass is 32.2. The predicted octanol–water partition coefficient (Wildman–Crippen LogP) is 1.54. The topological polar surface area (TPSA) is 72.2 Å². The fraction of sp³-hybridized carbons (Fsp3) is 0.111. The van der Waals surface area contributed by atoms with Crippen LogP contribution in [0.5, 0.6) is 0 Å². The lowest BCUT2D eigenvalue weighted by Gasteiger charge is -2.08. The number of rotatable bonds is 3. The maximum Gasteiger partial charge on any atom is 0.257 e. The van der Waals surface area contributed by atoms with Crippen LogP contribution in [0.2, 0.25) is 0 Å². The number of nitrogens with one attached hydrogen (secondary N) is 1. The minimum absolute atomic E-state index is 0.0563. The van der Waals surface area contributed by atoms with E-state index in [0.717, 1.165) is 0 Å². The van der Waals surface area contributed by atoms with Crippen LogP contribution in [0.3, 0.4) is 0 Å². The van der Waals surface area contributed by atoms with Crippen molar-refractivity contribution in [1.29, 1.82) is 0 Å². The van der Waals surface area contributed by atoms with E-state index in [9.17, 15) is 8.42 Å². The van der Waals surface area contributed by atoms with Gasteiger partial charge < -0.3 is 5.73 Å². The molecule has 0 aromatic heterocycles. The molecule has 0 spiro atoms. The first-order valence-electron chi connectivity index (χ1n) is 3.96. The van der Waals surface area contributed by atoms with Crippen LogP contribution < -0.4 is 10.5 Å².